The lowest BCUT2D eigenvalue weighted by Crippen LogP contribution is -2.40. The van der Waals surface area contributed by atoms with E-state index < -0.39 is 72.9 Å². The minimum atomic E-state index is -1.29. The van der Waals surface area contributed by atoms with Crippen LogP contribution in [0.1, 0.15) is 81.4 Å². The van der Waals surface area contributed by atoms with Gasteiger partial charge in [-0.2, -0.15) is 0 Å². The summed E-state index contributed by atoms with van der Waals surface area (Å²) in [5.41, 5.74) is 7.74. The van der Waals surface area contributed by atoms with Gasteiger partial charge in [-0.25, -0.2) is 39.7 Å². The predicted molar refractivity (Wildman–Crippen MR) is 297 cm³/mol. The zero-order valence-electron chi connectivity index (χ0n) is 41.6. The van der Waals surface area contributed by atoms with Crippen LogP contribution in [0, 0.1) is 6.92 Å². The number of nitrogens with two attached hydrogens (primary N) is 1. The molecule has 10 N–H and O–H groups in total. The average molecular weight is 1180 g/mol. The predicted octanol–water partition coefficient (Wildman–Crippen LogP) is 5.06. The number of anilines is 2. The highest BCUT2D eigenvalue weighted by Crippen LogP contribution is 2.40. The van der Waals surface area contributed by atoms with Crippen LogP contribution < -0.4 is 43.0 Å². The van der Waals surface area contributed by atoms with E-state index in [0.29, 0.717) is 63.7 Å². The standard InChI is InChI=1S/C48H45N15O10S6/c1-21-34-41(70)63-47-62-36(29(79-47)15-72-3)40(69)52-14-32(65)60-37(38(67)22-7-5-4-6-8-22)46-57-28(19-76-46)44-55-26(17-75-44)35-23(42-56-27(18-74-42)39(68)54-25(13-31(64)50-2)45(61-34)78-21)9-10-24(53-35)43-58-30(20-77-43)59-48(71)73-16-33(66)51-12-11-49/h4-10,17-20,25,37-38,67H,11-16,49H2,1-3H3,(H,50,64)(H,51,66)(H,52,69)(H,54,68)(H,59,71)(H,60,65)(H,62,63,70)/t25-,37-,38-/m0/s1. The number of aryl methyl sites for hydroxylation is 1. The largest absolute Gasteiger partial charge is 0.439 e. The van der Waals surface area contributed by atoms with Gasteiger partial charge in [0.1, 0.15) is 77.2 Å². The maximum Gasteiger partial charge on any atom is 0.413 e. The van der Waals surface area contributed by atoms with Crippen molar-refractivity contribution >= 4 is 121 Å². The van der Waals surface area contributed by atoms with Gasteiger partial charge in [0.05, 0.1) is 36.2 Å². The number of hydrogen-bond donors (Lipinski definition) is 9. The number of pyridine rings is 1. The fraction of sp³-hybridized carbons (Fsp3) is 0.250. The van der Waals surface area contributed by atoms with Gasteiger partial charge in [0, 0.05) is 59.2 Å². The first-order valence-electron chi connectivity index (χ1n) is 23.5. The van der Waals surface area contributed by atoms with Crippen molar-refractivity contribution in [2.75, 3.05) is 51.0 Å². The van der Waals surface area contributed by atoms with E-state index in [2.05, 4.69) is 52.2 Å². The van der Waals surface area contributed by atoms with Crippen molar-refractivity contribution in [3.63, 3.8) is 0 Å². The molecule has 8 aromatic rings. The number of rotatable bonds is 12. The second-order valence-corrected chi connectivity index (χ2v) is 22.5. The molecule has 3 atom stereocenters. The van der Waals surface area contributed by atoms with Crippen LogP contribution in [0.15, 0.2) is 64.0 Å². The first-order chi connectivity index (χ1) is 38.2. The van der Waals surface area contributed by atoms with Crippen LogP contribution in [0.25, 0.3) is 43.4 Å². The van der Waals surface area contributed by atoms with Crippen LogP contribution in [0.5, 0.6) is 0 Å². The Morgan fingerprint density at radius 1 is 0.759 bits per heavy atom. The number of aliphatic hydroxyl groups excluding tert-OH is 1. The van der Waals surface area contributed by atoms with Crippen LogP contribution in [0.3, 0.4) is 0 Å². The van der Waals surface area contributed by atoms with Gasteiger partial charge < -0.3 is 46.9 Å². The Labute approximate surface area is 471 Å². The summed E-state index contributed by atoms with van der Waals surface area (Å²) in [6.07, 6.45) is -2.44. The Hall–Kier alpha value is -7.88. The number of thiazole rings is 6. The third-order valence-electron chi connectivity index (χ3n) is 11.3. The molecule has 9 rings (SSSR count). The molecule has 0 unspecified atom stereocenters. The van der Waals surface area contributed by atoms with E-state index in [0.717, 1.165) is 34.0 Å². The minimum absolute atomic E-state index is 0.000461. The Morgan fingerprint density at radius 2 is 1.51 bits per heavy atom. The van der Waals surface area contributed by atoms with Gasteiger partial charge in [0.25, 0.3) is 23.6 Å². The summed E-state index contributed by atoms with van der Waals surface area (Å²) in [6, 6.07) is 10.0. The number of aliphatic hydroxyl groups is 1. The van der Waals surface area contributed by atoms with Crippen molar-refractivity contribution in [2.45, 2.75) is 38.1 Å². The SMILES string of the molecule is CNC(=O)C[C@@H]1NC(=O)c2csc(n2)-c2ccc(-c3nc(NC(=O)OCC(=O)NCCN)cs3)nc2-c2csc(n2)-c2csc(n2)[C@H]([C@@H](O)c2ccccc2)NC(=O)CNC(=O)c2nc(sc2COC)NC(=O)c2nc1sc2C. The molecule has 0 radical (unpaired) electrons. The second kappa shape index (κ2) is 25.3. The first kappa shape index (κ1) is 55.9. The minimum Gasteiger partial charge on any atom is -0.439 e. The second-order valence-electron chi connectivity index (χ2n) is 16.7. The van der Waals surface area contributed by atoms with Crippen LogP contribution in [0.2, 0.25) is 0 Å². The van der Waals surface area contributed by atoms with Gasteiger partial charge in [-0.05, 0) is 24.6 Å². The van der Waals surface area contributed by atoms with Crippen LogP contribution in [0.4, 0.5) is 15.7 Å². The van der Waals surface area contributed by atoms with Crippen LogP contribution >= 0.6 is 68.0 Å². The number of ether oxygens (including phenoxy) is 2. The fourth-order valence-electron chi connectivity index (χ4n) is 7.51. The normalized spacial score (nSPS) is 15.3. The third-order valence-corrected chi connectivity index (χ3v) is 16.8. The lowest BCUT2D eigenvalue weighted by atomic mass is 10.0. The number of carbonyl (C=O) groups excluding carboxylic acids is 7. The Balaban J connectivity index is 1.09. The summed E-state index contributed by atoms with van der Waals surface area (Å²) in [6.45, 7) is 0.965. The maximum atomic E-state index is 14.2. The Kier molecular flexibility index (Phi) is 17.9. The number of fused-ring (bicyclic) bond motifs is 14. The molecule has 31 heteroatoms. The summed E-state index contributed by atoms with van der Waals surface area (Å²) in [5.74, 6) is -3.55. The highest BCUT2D eigenvalue weighted by molar-refractivity contribution is 7.16. The van der Waals surface area contributed by atoms with Gasteiger partial charge in [-0.15, -0.1) is 56.7 Å². The van der Waals surface area contributed by atoms with Crippen molar-refractivity contribution in [1.82, 2.24) is 61.5 Å². The molecule has 0 aliphatic carbocycles. The molecule has 1 aliphatic rings. The van der Waals surface area contributed by atoms with Crippen molar-refractivity contribution in [3.05, 3.63) is 106 Å². The molecule has 0 fully saturated rings. The van der Waals surface area contributed by atoms with E-state index in [1.54, 1.807) is 70.9 Å². The zero-order chi connectivity index (χ0) is 55.7. The number of nitrogens with zero attached hydrogens (tertiary/aromatic N) is 7. The molecule has 1 aromatic carbocycles. The zero-order valence-corrected chi connectivity index (χ0v) is 46.5. The van der Waals surface area contributed by atoms with Crippen LogP contribution in [-0.4, -0.2) is 122 Å². The van der Waals surface area contributed by atoms with E-state index in [-0.39, 0.29) is 59.2 Å². The van der Waals surface area contributed by atoms with Crippen molar-refractivity contribution in [2.24, 2.45) is 5.73 Å². The molecule has 7 aromatic heterocycles. The van der Waals surface area contributed by atoms with E-state index in [1.165, 1.54) is 48.2 Å². The number of carbonyl (C=O) groups is 7. The molecule has 10 bridgehead atoms. The molecule has 0 saturated carbocycles. The molecule has 79 heavy (non-hydrogen) atoms. The van der Waals surface area contributed by atoms with Crippen molar-refractivity contribution in [3.8, 4) is 43.4 Å². The Morgan fingerprint density at radius 3 is 2.29 bits per heavy atom. The highest BCUT2D eigenvalue weighted by atomic mass is 32.1. The van der Waals surface area contributed by atoms with E-state index in [4.69, 9.17) is 35.1 Å². The number of amides is 7. The smallest absolute Gasteiger partial charge is 0.413 e. The molecule has 0 spiro atoms. The summed E-state index contributed by atoms with van der Waals surface area (Å²) >= 11 is 6.79. The van der Waals surface area contributed by atoms with Crippen molar-refractivity contribution < 1.29 is 48.1 Å². The number of nitrogens with one attached hydrogen (secondary N) is 7. The molecule has 1 aliphatic heterocycles. The topological polar surface area (TPSA) is 359 Å². The van der Waals surface area contributed by atoms with Crippen molar-refractivity contribution in [1.29, 1.82) is 0 Å². The lowest BCUT2D eigenvalue weighted by molar-refractivity contribution is -0.124. The number of methoxy groups -OCH3 is 1. The molecular formula is C48H45N15O10S6. The van der Waals surface area contributed by atoms with Gasteiger partial charge in [-0.1, -0.05) is 41.7 Å². The fourth-order valence-corrected chi connectivity index (χ4v) is 12.7. The van der Waals surface area contributed by atoms with E-state index >= 15 is 0 Å². The third kappa shape index (κ3) is 13.3. The average Bonchev–Trinajstić information content (AvgIpc) is 4.48. The van der Waals surface area contributed by atoms with Gasteiger partial charge in [-0.3, -0.25) is 39.4 Å². The number of benzene rings is 1. The van der Waals surface area contributed by atoms with Gasteiger partial charge >= 0.3 is 6.09 Å². The monoisotopic (exact) mass is 1180 g/mol. The number of aromatic nitrogens is 7. The van der Waals surface area contributed by atoms with Gasteiger partial charge in [0.2, 0.25) is 11.8 Å². The number of hydrogen-bond acceptors (Lipinski definition) is 24. The lowest BCUT2D eigenvalue weighted by Gasteiger charge is -2.23. The van der Waals surface area contributed by atoms with E-state index in [1.807, 2.05) is 0 Å². The molecule has 7 amide bonds. The van der Waals surface area contributed by atoms with E-state index in [9.17, 15) is 38.7 Å². The molecule has 8 heterocycles. The van der Waals surface area contributed by atoms with Crippen LogP contribution in [-0.2, 0) is 30.5 Å². The molecule has 408 valence electrons. The summed E-state index contributed by atoms with van der Waals surface area (Å²) in [5, 5.41) is 38.8. The first-order valence-corrected chi connectivity index (χ1v) is 28.7. The summed E-state index contributed by atoms with van der Waals surface area (Å²) in [7, 11) is 2.87. The summed E-state index contributed by atoms with van der Waals surface area (Å²) in [4.78, 5) is 127. The highest BCUT2D eigenvalue weighted by Gasteiger charge is 2.31. The quantitative estimate of drug-likeness (QED) is 0.0771. The molecule has 0 saturated heterocycles. The van der Waals surface area contributed by atoms with Gasteiger partial charge in [0.15, 0.2) is 11.7 Å². The molecule has 25 nitrogen and oxygen atoms in total. The molecular weight excluding hydrogens is 1140 g/mol. The Bertz CT molecular complexity index is 3570. The summed E-state index contributed by atoms with van der Waals surface area (Å²) < 4.78 is 10.3. The maximum absolute atomic E-state index is 14.2.